The normalized spacial score (nSPS) is 12.8. The SMILES string of the molecule is CCC(C)NC(=O)N(c1ccc(OC)cc1)c1ccnc(N[C@@H](C)COC)n1. The third-order valence-electron chi connectivity index (χ3n) is 4.18. The molecule has 152 valence electrons. The lowest BCUT2D eigenvalue weighted by Crippen LogP contribution is -2.41. The molecular formula is C20H29N5O3. The van der Waals surface area contributed by atoms with Gasteiger partial charge in [0.2, 0.25) is 5.95 Å². The molecule has 0 fully saturated rings. The van der Waals surface area contributed by atoms with Gasteiger partial charge >= 0.3 is 6.03 Å². The summed E-state index contributed by atoms with van der Waals surface area (Å²) in [7, 11) is 3.24. The van der Waals surface area contributed by atoms with Crippen LogP contribution in [0.25, 0.3) is 0 Å². The quantitative estimate of drug-likeness (QED) is 0.684. The minimum atomic E-state index is -0.255. The maximum absolute atomic E-state index is 13.0. The lowest BCUT2D eigenvalue weighted by molar-refractivity contribution is 0.190. The number of nitrogens with one attached hydrogen (secondary N) is 2. The van der Waals surface area contributed by atoms with Crippen molar-refractivity contribution in [2.45, 2.75) is 39.3 Å². The summed E-state index contributed by atoms with van der Waals surface area (Å²) in [5.74, 6) is 1.61. The third-order valence-corrected chi connectivity index (χ3v) is 4.18. The van der Waals surface area contributed by atoms with E-state index in [4.69, 9.17) is 9.47 Å². The van der Waals surface area contributed by atoms with Crippen molar-refractivity contribution in [2.24, 2.45) is 0 Å². The van der Waals surface area contributed by atoms with Crippen LogP contribution in [-0.4, -0.2) is 48.9 Å². The number of carbonyl (C=O) groups is 1. The van der Waals surface area contributed by atoms with Crippen LogP contribution in [0, 0.1) is 0 Å². The Morgan fingerprint density at radius 3 is 2.46 bits per heavy atom. The lowest BCUT2D eigenvalue weighted by atomic mass is 10.2. The monoisotopic (exact) mass is 387 g/mol. The zero-order valence-corrected chi connectivity index (χ0v) is 17.1. The summed E-state index contributed by atoms with van der Waals surface area (Å²) in [6.45, 7) is 6.47. The molecule has 8 nitrogen and oxygen atoms in total. The zero-order valence-electron chi connectivity index (χ0n) is 17.1. The number of rotatable bonds is 9. The Bertz CT molecular complexity index is 754. The predicted octanol–water partition coefficient (Wildman–Crippen LogP) is 3.58. The van der Waals surface area contributed by atoms with Gasteiger partial charge in [-0.25, -0.2) is 14.7 Å². The molecule has 1 heterocycles. The molecule has 0 bridgehead atoms. The topological polar surface area (TPSA) is 88.6 Å². The number of carbonyl (C=O) groups excluding carboxylic acids is 1. The van der Waals surface area contributed by atoms with Gasteiger partial charge in [0.15, 0.2) is 0 Å². The van der Waals surface area contributed by atoms with Crippen LogP contribution < -0.4 is 20.3 Å². The Morgan fingerprint density at radius 2 is 1.86 bits per heavy atom. The summed E-state index contributed by atoms with van der Waals surface area (Å²) in [4.78, 5) is 23.3. The molecule has 2 N–H and O–H groups in total. The summed E-state index contributed by atoms with van der Waals surface area (Å²) < 4.78 is 10.4. The van der Waals surface area contributed by atoms with Gasteiger partial charge in [-0.1, -0.05) is 6.92 Å². The van der Waals surface area contributed by atoms with Gasteiger partial charge in [0.25, 0.3) is 0 Å². The highest BCUT2D eigenvalue weighted by atomic mass is 16.5. The Labute approximate surface area is 166 Å². The summed E-state index contributed by atoms with van der Waals surface area (Å²) in [5.41, 5.74) is 0.677. The van der Waals surface area contributed by atoms with E-state index in [-0.39, 0.29) is 18.1 Å². The van der Waals surface area contributed by atoms with Crippen molar-refractivity contribution in [1.82, 2.24) is 15.3 Å². The second-order valence-electron chi connectivity index (χ2n) is 6.53. The second-order valence-corrected chi connectivity index (χ2v) is 6.53. The number of amides is 2. The van der Waals surface area contributed by atoms with Crippen molar-refractivity contribution in [3.8, 4) is 5.75 Å². The van der Waals surface area contributed by atoms with Gasteiger partial charge in [-0.2, -0.15) is 4.98 Å². The van der Waals surface area contributed by atoms with Crippen molar-refractivity contribution < 1.29 is 14.3 Å². The second kappa shape index (κ2) is 10.5. The number of aromatic nitrogens is 2. The molecule has 0 saturated heterocycles. The molecule has 2 atom stereocenters. The molecule has 2 aromatic rings. The number of hydrogen-bond acceptors (Lipinski definition) is 6. The van der Waals surface area contributed by atoms with Gasteiger partial charge in [-0.15, -0.1) is 0 Å². The van der Waals surface area contributed by atoms with Gasteiger partial charge < -0.3 is 20.1 Å². The fraction of sp³-hybridized carbons (Fsp3) is 0.450. The molecule has 0 radical (unpaired) electrons. The van der Waals surface area contributed by atoms with Crippen LogP contribution >= 0.6 is 0 Å². The Hall–Kier alpha value is -2.87. The Kier molecular flexibility index (Phi) is 8.01. The van der Waals surface area contributed by atoms with Crippen LogP contribution in [0.3, 0.4) is 0 Å². The molecular weight excluding hydrogens is 358 g/mol. The Balaban J connectivity index is 2.36. The average molecular weight is 387 g/mol. The minimum absolute atomic E-state index is 0.0311. The van der Waals surface area contributed by atoms with Crippen molar-refractivity contribution in [3.05, 3.63) is 36.5 Å². The maximum Gasteiger partial charge on any atom is 0.327 e. The van der Waals surface area contributed by atoms with Crippen molar-refractivity contribution >= 4 is 23.5 Å². The summed E-state index contributed by atoms with van der Waals surface area (Å²) in [5, 5.41) is 6.16. The fourth-order valence-electron chi connectivity index (χ4n) is 2.52. The van der Waals surface area contributed by atoms with E-state index in [9.17, 15) is 4.79 Å². The lowest BCUT2D eigenvalue weighted by Gasteiger charge is -2.25. The van der Waals surface area contributed by atoms with Crippen LogP contribution in [0.5, 0.6) is 5.75 Å². The number of benzene rings is 1. The molecule has 0 aliphatic heterocycles. The molecule has 1 aromatic carbocycles. The van der Waals surface area contributed by atoms with Crippen LogP contribution in [0.1, 0.15) is 27.2 Å². The maximum atomic E-state index is 13.0. The van der Waals surface area contributed by atoms with Gasteiger partial charge in [-0.3, -0.25) is 0 Å². The van der Waals surface area contributed by atoms with Crippen molar-refractivity contribution in [2.75, 3.05) is 31.0 Å². The molecule has 1 aromatic heterocycles. The van der Waals surface area contributed by atoms with E-state index in [1.54, 1.807) is 38.6 Å². The first-order valence-corrected chi connectivity index (χ1v) is 9.31. The third kappa shape index (κ3) is 5.82. The van der Waals surface area contributed by atoms with Gasteiger partial charge in [-0.05, 0) is 44.5 Å². The number of nitrogens with zero attached hydrogens (tertiary/aromatic N) is 3. The number of ether oxygens (including phenoxy) is 2. The van der Waals surface area contributed by atoms with Gasteiger partial charge in [0.05, 0.1) is 19.4 Å². The minimum Gasteiger partial charge on any atom is -0.497 e. The number of anilines is 3. The first-order valence-electron chi connectivity index (χ1n) is 9.31. The highest BCUT2D eigenvalue weighted by molar-refractivity contribution is 5.98. The smallest absolute Gasteiger partial charge is 0.327 e. The molecule has 1 unspecified atom stereocenters. The fourth-order valence-corrected chi connectivity index (χ4v) is 2.52. The number of urea groups is 1. The van der Waals surface area contributed by atoms with Gasteiger partial charge in [0.1, 0.15) is 11.6 Å². The predicted molar refractivity (Wildman–Crippen MR) is 110 cm³/mol. The first kappa shape index (κ1) is 21.4. The largest absolute Gasteiger partial charge is 0.497 e. The average Bonchev–Trinajstić information content (AvgIpc) is 2.69. The molecule has 8 heteroatoms. The highest BCUT2D eigenvalue weighted by Crippen LogP contribution is 2.26. The van der Waals surface area contributed by atoms with E-state index in [1.807, 2.05) is 32.9 Å². The number of hydrogen-bond donors (Lipinski definition) is 2. The van der Waals surface area contributed by atoms with E-state index < -0.39 is 0 Å². The molecule has 0 saturated carbocycles. The van der Waals surface area contributed by atoms with Crippen LogP contribution in [0.2, 0.25) is 0 Å². The standard InChI is InChI=1S/C20H29N5O3/c1-6-14(2)23-20(26)25(16-7-9-17(28-5)10-8-16)18-11-12-21-19(24-18)22-15(3)13-27-4/h7-12,14-15H,6,13H2,1-5H3,(H,23,26)(H,21,22,24)/t14?,15-/m0/s1. The first-order chi connectivity index (χ1) is 13.5. The summed E-state index contributed by atoms with van der Waals surface area (Å²) in [6.07, 6.45) is 2.45. The van der Waals surface area contributed by atoms with Crippen molar-refractivity contribution in [3.63, 3.8) is 0 Å². The van der Waals surface area contributed by atoms with Crippen molar-refractivity contribution in [1.29, 1.82) is 0 Å². The van der Waals surface area contributed by atoms with E-state index in [0.29, 0.717) is 29.8 Å². The zero-order chi connectivity index (χ0) is 20.5. The van der Waals surface area contributed by atoms with E-state index in [2.05, 4.69) is 20.6 Å². The molecule has 0 spiro atoms. The molecule has 0 aliphatic rings. The highest BCUT2D eigenvalue weighted by Gasteiger charge is 2.21. The molecule has 0 aliphatic carbocycles. The summed E-state index contributed by atoms with van der Waals surface area (Å²) >= 11 is 0. The van der Waals surface area contributed by atoms with E-state index in [0.717, 1.165) is 6.42 Å². The molecule has 2 rings (SSSR count). The molecule has 2 amide bonds. The van der Waals surface area contributed by atoms with E-state index >= 15 is 0 Å². The number of methoxy groups -OCH3 is 2. The van der Waals surface area contributed by atoms with Crippen LogP contribution in [0.4, 0.5) is 22.2 Å². The van der Waals surface area contributed by atoms with Crippen LogP contribution in [-0.2, 0) is 4.74 Å². The molecule has 28 heavy (non-hydrogen) atoms. The van der Waals surface area contributed by atoms with Gasteiger partial charge in [0, 0.05) is 31.5 Å². The Morgan fingerprint density at radius 1 is 1.14 bits per heavy atom. The van der Waals surface area contributed by atoms with Crippen LogP contribution in [0.15, 0.2) is 36.5 Å². The van der Waals surface area contributed by atoms with E-state index in [1.165, 1.54) is 4.90 Å². The summed E-state index contributed by atoms with van der Waals surface area (Å²) in [6, 6.07) is 8.76.